The summed E-state index contributed by atoms with van der Waals surface area (Å²) in [5.41, 5.74) is 0. The number of aliphatic carboxylic acids is 1. The Balaban J connectivity index is 1.66. The zero-order valence-electron chi connectivity index (χ0n) is 12.3. The molecule has 1 heterocycles. The Bertz CT molecular complexity index is 358. The van der Waals surface area contributed by atoms with Crippen LogP contribution in [0.2, 0.25) is 0 Å². The summed E-state index contributed by atoms with van der Waals surface area (Å²) in [5, 5.41) is 14.8. The number of urea groups is 1. The van der Waals surface area contributed by atoms with Gasteiger partial charge in [0.25, 0.3) is 0 Å². The number of hydrogen-bond donors (Lipinski definition) is 3. The van der Waals surface area contributed by atoms with Crippen LogP contribution >= 0.6 is 0 Å². The molecule has 0 aromatic heterocycles. The van der Waals surface area contributed by atoms with Crippen LogP contribution in [0, 0.1) is 5.92 Å². The molecule has 1 aliphatic heterocycles. The van der Waals surface area contributed by atoms with Gasteiger partial charge in [0.2, 0.25) is 0 Å². The second-order valence-corrected chi connectivity index (χ2v) is 5.69. The largest absolute Gasteiger partial charge is 0.481 e. The zero-order chi connectivity index (χ0) is 15.1. The van der Waals surface area contributed by atoms with Crippen molar-refractivity contribution in [3.05, 3.63) is 0 Å². The number of carbonyl (C=O) groups excluding carboxylic acids is 1. The van der Waals surface area contributed by atoms with Crippen LogP contribution < -0.4 is 10.6 Å². The fraction of sp³-hybridized carbons (Fsp3) is 0.857. The number of rotatable bonds is 5. The molecule has 7 nitrogen and oxygen atoms in total. The minimum Gasteiger partial charge on any atom is -0.481 e. The van der Waals surface area contributed by atoms with Crippen molar-refractivity contribution in [3.8, 4) is 0 Å². The molecular weight excluding hydrogens is 274 g/mol. The van der Waals surface area contributed by atoms with Crippen LogP contribution in [0.3, 0.4) is 0 Å². The van der Waals surface area contributed by atoms with Crippen LogP contribution in [0.4, 0.5) is 4.79 Å². The average Bonchev–Trinajstić information content (AvgIpc) is 2.48. The molecule has 0 aromatic carbocycles. The third-order valence-corrected chi connectivity index (χ3v) is 4.22. The third kappa shape index (κ3) is 5.17. The van der Waals surface area contributed by atoms with E-state index in [0.29, 0.717) is 13.0 Å². The summed E-state index contributed by atoms with van der Waals surface area (Å²) < 4.78 is 5.26. The van der Waals surface area contributed by atoms with Crippen LogP contribution in [0.25, 0.3) is 0 Å². The fourth-order valence-electron chi connectivity index (χ4n) is 2.97. The molecule has 2 unspecified atom stereocenters. The van der Waals surface area contributed by atoms with Crippen molar-refractivity contribution < 1.29 is 19.4 Å². The van der Waals surface area contributed by atoms with E-state index in [0.717, 1.165) is 52.1 Å². The smallest absolute Gasteiger partial charge is 0.315 e. The second kappa shape index (κ2) is 8.19. The predicted octanol–water partition coefficient (Wildman–Crippen LogP) is 0.261. The second-order valence-electron chi connectivity index (χ2n) is 5.69. The zero-order valence-corrected chi connectivity index (χ0v) is 12.3. The van der Waals surface area contributed by atoms with Gasteiger partial charge in [0.15, 0.2) is 0 Å². The first-order chi connectivity index (χ1) is 10.2. The van der Waals surface area contributed by atoms with Crippen molar-refractivity contribution >= 4 is 12.0 Å². The molecule has 0 aromatic rings. The van der Waals surface area contributed by atoms with Crippen LogP contribution in [0.15, 0.2) is 0 Å². The molecule has 2 fully saturated rings. The molecule has 2 rings (SSSR count). The molecule has 21 heavy (non-hydrogen) atoms. The van der Waals surface area contributed by atoms with Gasteiger partial charge in [0.05, 0.1) is 19.1 Å². The van der Waals surface area contributed by atoms with Crippen LogP contribution in [-0.4, -0.2) is 67.4 Å². The Labute approximate surface area is 125 Å². The van der Waals surface area contributed by atoms with Gasteiger partial charge in [-0.3, -0.25) is 9.69 Å². The number of nitrogens with zero attached hydrogens (tertiary/aromatic N) is 1. The molecule has 2 atom stereocenters. The maximum atomic E-state index is 11.9. The highest BCUT2D eigenvalue weighted by Gasteiger charge is 2.31. The van der Waals surface area contributed by atoms with E-state index in [4.69, 9.17) is 4.74 Å². The maximum Gasteiger partial charge on any atom is 0.315 e. The third-order valence-electron chi connectivity index (χ3n) is 4.22. The first-order valence-corrected chi connectivity index (χ1v) is 7.74. The molecule has 3 N–H and O–H groups in total. The van der Waals surface area contributed by atoms with Crippen molar-refractivity contribution in [2.75, 3.05) is 39.4 Å². The standard InChI is InChI=1S/C14H25N3O4/c18-13(19)11-3-1-2-4-12(11)16-14(20)15-5-6-17-7-9-21-10-8-17/h11-12H,1-10H2,(H,18,19)(H2,15,16,20). The molecule has 1 saturated heterocycles. The average molecular weight is 299 g/mol. The summed E-state index contributed by atoms with van der Waals surface area (Å²) in [6.45, 7) is 4.64. The molecule has 0 bridgehead atoms. The molecular formula is C14H25N3O4. The molecule has 1 aliphatic carbocycles. The van der Waals surface area contributed by atoms with Gasteiger partial charge in [-0.1, -0.05) is 12.8 Å². The quantitative estimate of drug-likeness (QED) is 0.677. The number of hydrogen-bond acceptors (Lipinski definition) is 4. The first kappa shape index (κ1) is 16.0. The first-order valence-electron chi connectivity index (χ1n) is 7.74. The SMILES string of the molecule is O=C(NCCN1CCOCC1)NC1CCCCC1C(=O)O. The summed E-state index contributed by atoms with van der Waals surface area (Å²) >= 11 is 0. The van der Waals surface area contributed by atoms with Gasteiger partial charge in [-0.25, -0.2) is 4.79 Å². The lowest BCUT2D eigenvalue weighted by Crippen LogP contribution is -2.50. The van der Waals surface area contributed by atoms with Gasteiger partial charge < -0.3 is 20.5 Å². The number of carboxylic acids is 1. The number of morpholine rings is 1. The van der Waals surface area contributed by atoms with Crippen molar-refractivity contribution in [2.45, 2.75) is 31.7 Å². The molecule has 1 saturated carbocycles. The Morgan fingerprint density at radius 3 is 2.62 bits per heavy atom. The number of carboxylic acid groups (broad SMARTS) is 1. The Morgan fingerprint density at radius 2 is 1.90 bits per heavy atom. The van der Waals surface area contributed by atoms with Gasteiger partial charge >= 0.3 is 12.0 Å². The summed E-state index contributed by atoms with van der Waals surface area (Å²) in [5.74, 6) is -1.27. The van der Waals surface area contributed by atoms with Crippen molar-refractivity contribution in [2.24, 2.45) is 5.92 Å². The predicted molar refractivity (Wildman–Crippen MR) is 77.2 cm³/mol. The minimum atomic E-state index is -0.812. The monoisotopic (exact) mass is 299 g/mol. The van der Waals surface area contributed by atoms with Gasteiger partial charge in [-0.05, 0) is 12.8 Å². The van der Waals surface area contributed by atoms with Crippen LogP contribution in [-0.2, 0) is 9.53 Å². The van der Waals surface area contributed by atoms with Gasteiger partial charge in [-0.15, -0.1) is 0 Å². The van der Waals surface area contributed by atoms with Gasteiger partial charge in [-0.2, -0.15) is 0 Å². The maximum absolute atomic E-state index is 11.9. The molecule has 120 valence electrons. The van der Waals surface area contributed by atoms with E-state index < -0.39 is 11.9 Å². The summed E-state index contributed by atoms with van der Waals surface area (Å²) in [6.07, 6.45) is 3.29. The van der Waals surface area contributed by atoms with E-state index in [2.05, 4.69) is 15.5 Å². The molecule has 0 spiro atoms. The number of nitrogens with one attached hydrogen (secondary N) is 2. The highest BCUT2D eigenvalue weighted by atomic mass is 16.5. The van der Waals surface area contributed by atoms with E-state index in [-0.39, 0.29) is 12.1 Å². The fourth-order valence-corrected chi connectivity index (χ4v) is 2.97. The lowest BCUT2D eigenvalue weighted by molar-refractivity contribution is -0.143. The van der Waals surface area contributed by atoms with E-state index in [1.165, 1.54) is 0 Å². The van der Waals surface area contributed by atoms with Crippen LogP contribution in [0.5, 0.6) is 0 Å². The summed E-state index contributed by atoms with van der Waals surface area (Å²) in [7, 11) is 0. The number of amides is 2. The summed E-state index contributed by atoms with van der Waals surface area (Å²) in [6, 6.07) is -0.513. The Hall–Kier alpha value is -1.34. The van der Waals surface area contributed by atoms with E-state index >= 15 is 0 Å². The van der Waals surface area contributed by atoms with E-state index in [1.54, 1.807) is 0 Å². The highest BCUT2D eigenvalue weighted by Crippen LogP contribution is 2.24. The van der Waals surface area contributed by atoms with Crippen molar-refractivity contribution in [3.63, 3.8) is 0 Å². The Morgan fingerprint density at radius 1 is 1.19 bits per heavy atom. The normalized spacial score (nSPS) is 27.0. The highest BCUT2D eigenvalue weighted by molar-refractivity contribution is 5.76. The van der Waals surface area contributed by atoms with Crippen LogP contribution in [0.1, 0.15) is 25.7 Å². The van der Waals surface area contributed by atoms with Gasteiger partial charge in [0, 0.05) is 32.2 Å². The molecule has 7 heteroatoms. The minimum absolute atomic E-state index is 0.250. The lowest BCUT2D eigenvalue weighted by atomic mass is 9.84. The molecule has 2 aliphatic rings. The molecule has 0 radical (unpaired) electrons. The number of ether oxygens (including phenoxy) is 1. The molecule has 2 amide bonds. The number of carbonyl (C=O) groups is 2. The van der Waals surface area contributed by atoms with Gasteiger partial charge in [0.1, 0.15) is 0 Å². The summed E-state index contributed by atoms with van der Waals surface area (Å²) in [4.78, 5) is 25.3. The van der Waals surface area contributed by atoms with E-state index in [9.17, 15) is 14.7 Å². The lowest BCUT2D eigenvalue weighted by Gasteiger charge is -2.29. The van der Waals surface area contributed by atoms with E-state index in [1.807, 2.05) is 0 Å². The topological polar surface area (TPSA) is 90.9 Å². The Kier molecular flexibility index (Phi) is 6.25. The van der Waals surface area contributed by atoms with Crippen molar-refractivity contribution in [1.29, 1.82) is 0 Å². The van der Waals surface area contributed by atoms with Crippen molar-refractivity contribution in [1.82, 2.24) is 15.5 Å².